The number of nitrogens with zero attached hydrogens (tertiary/aromatic N) is 2. The van der Waals surface area contributed by atoms with Gasteiger partial charge in [-0.15, -0.1) is 0 Å². The summed E-state index contributed by atoms with van der Waals surface area (Å²) in [7, 11) is 0. The minimum absolute atomic E-state index is 0.287. The molecule has 0 aromatic carbocycles. The van der Waals surface area contributed by atoms with Crippen LogP contribution in [0.2, 0.25) is 5.15 Å². The van der Waals surface area contributed by atoms with Crippen molar-refractivity contribution < 1.29 is 5.11 Å². The number of hydrogen-bond acceptors (Lipinski definition) is 5. The first kappa shape index (κ1) is 11.1. The Kier molecular flexibility index (Phi) is 3.77. The van der Waals surface area contributed by atoms with Crippen molar-refractivity contribution in [2.24, 2.45) is 11.8 Å². The van der Waals surface area contributed by atoms with Crippen molar-refractivity contribution in [2.45, 2.75) is 19.3 Å². The van der Waals surface area contributed by atoms with Crippen molar-refractivity contribution in [1.29, 1.82) is 0 Å². The van der Waals surface area contributed by atoms with Crippen LogP contribution in [-0.4, -0.2) is 27.0 Å². The van der Waals surface area contributed by atoms with Crippen molar-refractivity contribution in [1.82, 2.24) is 8.75 Å². The molecule has 1 aromatic heterocycles. The SMILES string of the molecule is OCC1CCCC1CNc1nsnc1Cl. The van der Waals surface area contributed by atoms with E-state index in [2.05, 4.69) is 14.1 Å². The largest absolute Gasteiger partial charge is 0.396 e. The van der Waals surface area contributed by atoms with E-state index in [1.807, 2.05) is 0 Å². The molecule has 4 nitrogen and oxygen atoms in total. The fourth-order valence-corrected chi connectivity index (χ4v) is 2.82. The molecule has 1 fully saturated rings. The molecular weight excluding hydrogens is 234 g/mol. The van der Waals surface area contributed by atoms with E-state index in [-0.39, 0.29) is 6.61 Å². The predicted octanol–water partition coefficient (Wildman–Crippen LogP) is 2.01. The van der Waals surface area contributed by atoms with Gasteiger partial charge in [0.2, 0.25) is 0 Å². The number of aliphatic hydroxyl groups excluding tert-OH is 1. The number of nitrogens with one attached hydrogen (secondary N) is 1. The normalized spacial score (nSPS) is 25.7. The molecule has 1 saturated carbocycles. The molecule has 0 aliphatic heterocycles. The smallest absolute Gasteiger partial charge is 0.186 e. The van der Waals surface area contributed by atoms with Gasteiger partial charge < -0.3 is 10.4 Å². The Hall–Kier alpha value is -0.390. The molecule has 0 amide bonds. The summed E-state index contributed by atoms with van der Waals surface area (Å²) >= 11 is 6.93. The topological polar surface area (TPSA) is 58.0 Å². The van der Waals surface area contributed by atoms with Gasteiger partial charge in [0.1, 0.15) is 0 Å². The Labute approximate surface area is 98.0 Å². The van der Waals surface area contributed by atoms with Crippen LogP contribution in [-0.2, 0) is 0 Å². The zero-order chi connectivity index (χ0) is 10.7. The van der Waals surface area contributed by atoms with Gasteiger partial charge >= 0.3 is 0 Å². The fraction of sp³-hybridized carbons (Fsp3) is 0.778. The summed E-state index contributed by atoms with van der Waals surface area (Å²) in [4.78, 5) is 0. The second-order valence-corrected chi connectivity index (χ2v) is 4.80. The Morgan fingerprint density at radius 1 is 1.40 bits per heavy atom. The first-order valence-electron chi connectivity index (χ1n) is 5.14. The second kappa shape index (κ2) is 5.09. The van der Waals surface area contributed by atoms with E-state index in [9.17, 15) is 0 Å². The number of hydrogen-bond donors (Lipinski definition) is 2. The Bertz CT molecular complexity index is 320. The van der Waals surface area contributed by atoms with Gasteiger partial charge in [-0.2, -0.15) is 8.75 Å². The van der Waals surface area contributed by atoms with Crippen LogP contribution in [0.15, 0.2) is 0 Å². The third kappa shape index (κ3) is 2.59. The Morgan fingerprint density at radius 3 is 2.87 bits per heavy atom. The van der Waals surface area contributed by atoms with Gasteiger partial charge in [-0.05, 0) is 24.7 Å². The quantitative estimate of drug-likeness (QED) is 0.855. The minimum Gasteiger partial charge on any atom is -0.396 e. The van der Waals surface area contributed by atoms with Crippen molar-refractivity contribution in [3.05, 3.63) is 5.15 Å². The summed E-state index contributed by atoms with van der Waals surface area (Å²) in [5, 5.41) is 12.8. The van der Waals surface area contributed by atoms with E-state index in [0.717, 1.165) is 24.7 Å². The molecule has 1 aromatic rings. The van der Waals surface area contributed by atoms with Gasteiger partial charge in [0.25, 0.3) is 0 Å². The van der Waals surface area contributed by atoms with Crippen molar-refractivity contribution in [3.63, 3.8) is 0 Å². The van der Waals surface area contributed by atoms with Crippen LogP contribution in [0, 0.1) is 11.8 Å². The zero-order valence-corrected chi connectivity index (χ0v) is 9.89. The van der Waals surface area contributed by atoms with Crippen LogP contribution in [0.5, 0.6) is 0 Å². The molecular formula is C9H14ClN3OS. The first-order chi connectivity index (χ1) is 7.31. The molecule has 6 heteroatoms. The molecule has 84 valence electrons. The molecule has 0 spiro atoms. The van der Waals surface area contributed by atoms with Crippen molar-refractivity contribution >= 4 is 29.1 Å². The van der Waals surface area contributed by atoms with Crippen LogP contribution in [0.1, 0.15) is 19.3 Å². The molecule has 2 N–H and O–H groups in total. The number of halogens is 1. The highest BCUT2D eigenvalue weighted by molar-refractivity contribution is 6.99. The van der Waals surface area contributed by atoms with Crippen molar-refractivity contribution in [2.75, 3.05) is 18.5 Å². The van der Waals surface area contributed by atoms with Gasteiger partial charge in [-0.25, -0.2) is 0 Å². The Morgan fingerprint density at radius 2 is 2.20 bits per heavy atom. The molecule has 2 atom stereocenters. The van der Waals surface area contributed by atoms with E-state index < -0.39 is 0 Å². The third-order valence-electron chi connectivity index (χ3n) is 3.03. The number of aromatic nitrogens is 2. The van der Waals surface area contributed by atoms with Crippen LogP contribution in [0.25, 0.3) is 0 Å². The van der Waals surface area contributed by atoms with E-state index in [0.29, 0.717) is 22.8 Å². The van der Waals surface area contributed by atoms with E-state index in [1.54, 1.807) is 0 Å². The molecule has 2 unspecified atom stereocenters. The first-order valence-corrected chi connectivity index (χ1v) is 6.25. The number of rotatable bonds is 4. The molecule has 0 radical (unpaired) electrons. The van der Waals surface area contributed by atoms with Crippen LogP contribution in [0.4, 0.5) is 5.82 Å². The maximum atomic E-state index is 9.17. The zero-order valence-electron chi connectivity index (χ0n) is 8.32. The van der Waals surface area contributed by atoms with E-state index in [1.165, 1.54) is 12.8 Å². The lowest BCUT2D eigenvalue weighted by Gasteiger charge is -2.17. The maximum Gasteiger partial charge on any atom is 0.186 e. The summed E-state index contributed by atoms with van der Waals surface area (Å²) in [5.41, 5.74) is 0. The summed E-state index contributed by atoms with van der Waals surface area (Å²) in [6.07, 6.45) is 3.51. The molecule has 1 heterocycles. The van der Waals surface area contributed by atoms with Crippen LogP contribution >= 0.6 is 23.3 Å². The minimum atomic E-state index is 0.287. The lowest BCUT2D eigenvalue weighted by Crippen LogP contribution is -2.20. The molecule has 15 heavy (non-hydrogen) atoms. The number of anilines is 1. The van der Waals surface area contributed by atoms with Crippen molar-refractivity contribution in [3.8, 4) is 0 Å². The predicted molar refractivity (Wildman–Crippen MR) is 61.3 cm³/mol. The Balaban J connectivity index is 1.85. The second-order valence-electron chi connectivity index (χ2n) is 3.92. The number of aliphatic hydroxyl groups is 1. The lowest BCUT2D eigenvalue weighted by molar-refractivity contribution is 0.199. The standard InChI is InChI=1S/C9H14ClN3OS/c10-8-9(13-15-12-8)11-4-6-2-1-3-7(6)5-14/h6-7,14H,1-5H2,(H,11,13). The molecule has 0 bridgehead atoms. The summed E-state index contributed by atoms with van der Waals surface area (Å²) in [5.74, 6) is 1.64. The summed E-state index contributed by atoms with van der Waals surface area (Å²) in [6.45, 7) is 1.12. The average molecular weight is 248 g/mol. The highest BCUT2D eigenvalue weighted by Crippen LogP contribution is 2.31. The maximum absolute atomic E-state index is 9.17. The molecule has 0 saturated heterocycles. The van der Waals surface area contributed by atoms with Gasteiger partial charge in [0, 0.05) is 13.2 Å². The summed E-state index contributed by atoms with van der Waals surface area (Å²) < 4.78 is 7.94. The van der Waals surface area contributed by atoms with E-state index in [4.69, 9.17) is 16.7 Å². The van der Waals surface area contributed by atoms with Crippen LogP contribution in [0.3, 0.4) is 0 Å². The highest BCUT2D eigenvalue weighted by atomic mass is 35.5. The molecule has 2 rings (SSSR count). The highest BCUT2D eigenvalue weighted by Gasteiger charge is 2.26. The fourth-order valence-electron chi connectivity index (χ4n) is 2.13. The van der Waals surface area contributed by atoms with E-state index >= 15 is 0 Å². The van der Waals surface area contributed by atoms with Gasteiger partial charge in [-0.1, -0.05) is 18.0 Å². The van der Waals surface area contributed by atoms with Gasteiger partial charge in [0.15, 0.2) is 11.0 Å². The van der Waals surface area contributed by atoms with Crippen LogP contribution < -0.4 is 5.32 Å². The van der Waals surface area contributed by atoms with Gasteiger partial charge in [-0.3, -0.25) is 0 Å². The van der Waals surface area contributed by atoms with Gasteiger partial charge in [0.05, 0.1) is 11.7 Å². The summed E-state index contributed by atoms with van der Waals surface area (Å²) in [6, 6.07) is 0. The lowest BCUT2D eigenvalue weighted by atomic mass is 9.97. The molecule has 1 aliphatic rings. The molecule has 1 aliphatic carbocycles. The monoisotopic (exact) mass is 247 g/mol. The average Bonchev–Trinajstić information content (AvgIpc) is 2.83. The third-order valence-corrected chi connectivity index (χ3v) is 3.92.